The summed E-state index contributed by atoms with van der Waals surface area (Å²) >= 11 is 0. The molecular weight excluding hydrogens is 505 g/mol. The standard InChI is InChI=1S/C29H36FN3O6/c1-3-38-29(35)31-23(19-37-17-20-7-5-4-6-8-20)16-33-13-11-21(12-14-33)18-39-28(34)26-24-15-22(30)9-10-25(24)32-27(26)36-2/h4-10,15,21,23,32H,3,11-14,16-19H2,1-2H3,(H,31,35). The maximum absolute atomic E-state index is 13.8. The number of aromatic nitrogens is 1. The van der Waals surface area contributed by atoms with Gasteiger partial charge in [0.1, 0.15) is 11.4 Å². The Bertz CT molecular complexity index is 1230. The topological polar surface area (TPSA) is 102 Å². The average molecular weight is 542 g/mol. The summed E-state index contributed by atoms with van der Waals surface area (Å²) in [7, 11) is 1.45. The largest absolute Gasteiger partial charge is 0.482 e. The highest BCUT2D eigenvalue weighted by molar-refractivity contribution is 6.06. The highest BCUT2D eigenvalue weighted by atomic mass is 19.1. The minimum atomic E-state index is -0.541. The normalized spacial score (nSPS) is 15.2. The van der Waals surface area contributed by atoms with Crippen LogP contribution >= 0.6 is 0 Å². The van der Waals surface area contributed by atoms with Gasteiger partial charge in [-0.25, -0.2) is 14.0 Å². The minimum absolute atomic E-state index is 0.198. The summed E-state index contributed by atoms with van der Waals surface area (Å²) in [6, 6.07) is 13.8. The molecular formula is C29H36FN3O6. The lowest BCUT2D eigenvalue weighted by molar-refractivity contribution is 0.0347. The number of benzene rings is 2. The Morgan fingerprint density at radius 2 is 1.90 bits per heavy atom. The lowest BCUT2D eigenvalue weighted by Gasteiger charge is -2.34. The molecule has 0 saturated carbocycles. The number of rotatable bonds is 12. The fourth-order valence-electron chi connectivity index (χ4n) is 4.78. The smallest absolute Gasteiger partial charge is 0.407 e. The number of carbonyl (C=O) groups excluding carboxylic acids is 2. The Labute approximate surface area is 227 Å². The monoisotopic (exact) mass is 541 g/mol. The third kappa shape index (κ3) is 7.93. The summed E-state index contributed by atoms with van der Waals surface area (Å²) in [5, 5.41) is 3.34. The molecule has 1 saturated heterocycles. The predicted molar refractivity (Wildman–Crippen MR) is 144 cm³/mol. The molecule has 1 atom stereocenters. The van der Waals surface area contributed by atoms with Crippen LogP contribution in [0.5, 0.6) is 5.88 Å². The van der Waals surface area contributed by atoms with E-state index in [2.05, 4.69) is 15.2 Å². The first kappa shape index (κ1) is 28.4. The van der Waals surface area contributed by atoms with Gasteiger partial charge >= 0.3 is 12.1 Å². The summed E-state index contributed by atoms with van der Waals surface area (Å²) in [6.07, 6.45) is 1.22. The second-order valence-electron chi connectivity index (χ2n) is 9.63. The van der Waals surface area contributed by atoms with Gasteiger partial charge in [0, 0.05) is 17.4 Å². The predicted octanol–water partition coefficient (Wildman–Crippen LogP) is 4.52. The van der Waals surface area contributed by atoms with Crippen LogP contribution in [-0.2, 0) is 20.8 Å². The van der Waals surface area contributed by atoms with E-state index >= 15 is 0 Å². The number of carbonyl (C=O) groups is 2. The van der Waals surface area contributed by atoms with Crippen LogP contribution in [0.25, 0.3) is 10.9 Å². The molecule has 0 aliphatic carbocycles. The van der Waals surface area contributed by atoms with Gasteiger partial charge in [-0.15, -0.1) is 0 Å². The molecule has 1 aliphatic rings. The molecule has 1 amide bonds. The number of fused-ring (bicyclic) bond motifs is 1. The van der Waals surface area contributed by atoms with E-state index in [1.807, 2.05) is 30.3 Å². The molecule has 0 spiro atoms. The lowest BCUT2D eigenvalue weighted by Crippen LogP contribution is -2.48. The number of methoxy groups -OCH3 is 1. The molecule has 0 radical (unpaired) electrons. The number of H-pyrrole nitrogens is 1. The van der Waals surface area contributed by atoms with E-state index < -0.39 is 17.9 Å². The van der Waals surface area contributed by atoms with Gasteiger partial charge in [0.15, 0.2) is 0 Å². The van der Waals surface area contributed by atoms with Crippen molar-refractivity contribution in [2.75, 3.05) is 46.6 Å². The Balaban J connectivity index is 1.26. The van der Waals surface area contributed by atoms with Crippen molar-refractivity contribution >= 4 is 23.0 Å². The van der Waals surface area contributed by atoms with Crippen LogP contribution in [-0.4, -0.2) is 74.6 Å². The highest BCUT2D eigenvalue weighted by Gasteiger charge is 2.26. The number of piperidine rings is 1. The lowest BCUT2D eigenvalue weighted by atomic mass is 9.97. The number of amides is 1. The summed E-state index contributed by atoms with van der Waals surface area (Å²) in [5.41, 5.74) is 1.87. The molecule has 1 aliphatic heterocycles. The summed E-state index contributed by atoms with van der Waals surface area (Å²) in [4.78, 5) is 30.2. The number of hydrogen-bond donors (Lipinski definition) is 2. The maximum atomic E-state index is 13.8. The van der Waals surface area contributed by atoms with Gasteiger partial charge in [-0.05, 0) is 62.5 Å². The quantitative estimate of drug-likeness (QED) is 0.325. The van der Waals surface area contributed by atoms with Crippen LogP contribution in [0.4, 0.5) is 9.18 Å². The molecule has 0 bridgehead atoms. The molecule has 3 aromatic rings. The van der Waals surface area contributed by atoms with Gasteiger partial charge in [0.2, 0.25) is 5.88 Å². The van der Waals surface area contributed by atoms with Gasteiger partial charge in [0.25, 0.3) is 0 Å². The fourth-order valence-corrected chi connectivity index (χ4v) is 4.78. The van der Waals surface area contributed by atoms with Gasteiger partial charge in [0.05, 0.1) is 39.6 Å². The first-order valence-corrected chi connectivity index (χ1v) is 13.3. The van der Waals surface area contributed by atoms with Crippen molar-refractivity contribution < 1.29 is 32.9 Å². The Morgan fingerprint density at radius 3 is 2.62 bits per heavy atom. The van der Waals surface area contributed by atoms with E-state index in [1.54, 1.807) is 13.0 Å². The van der Waals surface area contributed by atoms with E-state index in [4.69, 9.17) is 18.9 Å². The van der Waals surface area contributed by atoms with E-state index in [0.717, 1.165) is 31.5 Å². The number of halogens is 1. The molecule has 2 heterocycles. The molecule has 1 aromatic heterocycles. The van der Waals surface area contributed by atoms with Crippen molar-refractivity contribution in [3.05, 3.63) is 65.5 Å². The van der Waals surface area contributed by atoms with Crippen LogP contribution < -0.4 is 10.1 Å². The van der Waals surface area contributed by atoms with Crippen LogP contribution in [0.1, 0.15) is 35.7 Å². The van der Waals surface area contributed by atoms with Crippen LogP contribution in [0, 0.1) is 11.7 Å². The van der Waals surface area contributed by atoms with Crippen LogP contribution in [0.2, 0.25) is 0 Å². The Kier molecular flexibility index (Phi) is 10.2. The van der Waals surface area contributed by atoms with Crippen molar-refractivity contribution in [2.24, 2.45) is 5.92 Å². The molecule has 2 aromatic carbocycles. The van der Waals surface area contributed by atoms with Crippen molar-refractivity contribution in [1.82, 2.24) is 15.2 Å². The molecule has 10 heteroatoms. The van der Waals surface area contributed by atoms with E-state index in [-0.39, 0.29) is 30.0 Å². The van der Waals surface area contributed by atoms with E-state index in [1.165, 1.54) is 19.2 Å². The molecule has 1 fully saturated rings. The number of alkyl carbamates (subject to hydrolysis) is 1. The average Bonchev–Trinajstić information content (AvgIpc) is 3.31. The number of aromatic amines is 1. The van der Waals surface area contributed by atoms with E-state index in [0.29, 0.717) is 37.3 Å². The van der Waals surface area contributed by atoms with E-state index in [9.17, 15) is 14.0 Å². The van der Waals surface area contributed by atoms with Gasteiger partial charge in [-0.2, -0.15) is 0 Å². The molecule has 210 valence electrons. The second kappa shape index (κ2) is 14.0. The fraction of sp³-hybridized carbons (Fsp3) is 0.448. The highest BCUT2D eigenvalue weighted by Crippen LogP contribution is 2.30. The van der Waals surface area contributed by atoms with Crippen molar-refractivity contribution in [1.29, 1.82) is 0 Å². The number of ether oxygens (including phenoxy) is 4. The zero-order chi connectivity index (χ0) is 27.6. The SMILES string of the molecule is CCOC(=O)NC(COCc1ccccc1)CN1CCC(COC(=O)c2c(OC)[nH]c3ccc(F)cc23)CC1. The number of nitrogens with one attached hydrogen (secondary N) is 2. The van der Waals surface area contributed by atoms with Crippen molar-refractivity contribution in [3.63, 3.8) is 0 Å². The number of hydrogen-bond acceptors (Lipinski definition) is 7. The van der Waals surface area contributed by atoms with Crippen LogP contribution in [0.15, 0.2) is 48.5 Å². The third-order valence-electron chi connectivity index (χ3n) is 6.80. The first-order valence-electron chi connectivity index (χ1n) is 13.3. The number of esters is 1. The summed E-state index contributed by atoms with van der Waals surface area (Å²) < 4.78 is 35.7. The summed E-state index contributed by atoms with van der Waals surface area (Å²) in [5.74, 6) is -0.527. The number of nitrogens with zero attached hydrogens (tertiary/aromatic N) is 1. The van der Waals surface area contributed by atoms with Gasteiger partial charge in [-0.3, -0.25) is 0 Å². The molecule has 2 N–H and O–H groups in total. The zero-order valence-corrected chi connectivity index (χ0v) is 22.4. The maximum Gasteiger partial charge on any atom is 0.407 e. The number of likely N-dealkylation sites (tertiary alicyclic amines) is 1. The Morgan fingerprint density at radius 1 is 1.13 bits per heavy atom. The van der Waals surface area contributed by atoms with Gasteiger partial charge in [-0.1, -0.05) is 30.3 Å². The molecule has 39 heavy (non-hydrogen) atoms. The first-order chi connectivity index (χ1) is 19.0. The van der Waals surface area contributed by atoms with Crippen molar-refractivity contribution in [3.8, 4) is 5.88 Å². The molecule has 1 unspecified atom stereocenters. The van der Waals surface area contributed by atoms with Crippen molar-refractivity contribution in [2.45, 2.75) is 32.4 Å². The van der Waals surface area contributed by atoms with Gasteiger partial charge < -0.3 is 34.1 Å². The summed E-state index contributed by atoms with van der Waals surface area (Å²) in [6.45, 7) is 5.37. The molecule has 9 nitrogen and oxygen atoms in total. The third-order valence-corrected chi connectivity index (χ3v) is 6.80. The zero-order valence-electron chi connectivity index (χ0n) is 22.4. The molecule has 4 rings (SSSR count). The minimum Gasteiger partial charge on any atom is -0.482 e. The van der Waals surface area contributed by atoms with Crippen LogP contribution in [0.3, 0.4) is 0 Å². The Hall–Kier alpha value is -3.63. The second-order valence-corrected chi connectivity index (χ2v) is 9.63.